The largest absolute Gasteiger partial charge is 0.550 e. The van der Waals surface area contributed by atoms with Gasteiger partial charge >= 0.3 is 0 Å². The fourth-order valence-electron chi connectivity index (χ4n) is 2.22. The normalized spacial score (nSPS) is 12.7. The number of rotatable bonds is 1. The minimum absolute atomic E-state index is 0.173. The van der Waals surface area contributed by atoms with Crippen molar-refractivity contribution in [2.75, 3.05) is 84.6 Å². The van der Waals surface area contributed by atoms with Crippen LogP contribution in [-0.4, -0.2) is 108 Å². The van der Waals surface area contributed by atoms with Crippen molar-refractivity contribution in [2.45, 2.75) is 85.0 Å². The van der Waals surface area contributed by atoms with Crippen molar-refractivity contribution >= 4 is 23.9 Å². The number of carbonyl (C=O) groups excluding carboxylic acids is 4. The highest BCUT2D eigenvalue weighted by atomic mass is 16.4. The molecular formula is C30H70N4O8. The Balaban J connectivity index is -0.0000000737. The van der Waals surface area contributed by atoms with Gasteiger partial charge in [0.2, 0.25) is 0 Å². The number of carboxylic acid groups (broad SMARTS) is 4. The lowest BCUT2D eigenvalue weighted by Crippen LogP contribution is -3.02. The first-order chi connectivity index (χ1) is 18.9. The van der Waals surface area contributed by atoms with Gasteiger partial charge in [-0.25, -0.2) is 0 Å². The van der Waals surface area contributed by atoms with Gasteiger partial charge in [0.25, 0.3) is 0 Å². The quantitative estimate of drug-likeness (QED) is 0.225. The maximum Gasteiger partial charge on any atom is 0.0661 e. The Morgan fingerprint density at radius 3 is 0.643 bits per heavy atom. The Morgan fingerprint density at radius 2 is 0.524 bits per heavy atom. The van der Waals surface area contributed by atoms with E-state index in [-0.39, 0.29) is 5.92 Å². The topological polar surface area (TPSA) is 178 Å². The van der Waals surface area contributed by atoms with E-state index in [0.29, 0.717) is 0 Å². The second-order valence-corrected chi connectivity index (χ2v) is 11.9. The highest BCUT2D eigenvalue weighted by Crippen LogP contribution is 2.20. The predicted molar refractivity (Wildman–Crippen MR) is 162 cm³/mol. The van der Waals surface area contributed by atoms with Gasteiger partial charge in [-0.2, -0.15) is 0 Å². The second kappa shape index (κ2) is 45.7. The van der Waals surface area contributed by atoms with Crippen LogP contribution in [0, 0.1) is 5.92 Å². The summed E-state index contributed by atoms with van der Waals surface area (Å²) in [4.78, 5) is 43.1. The molecule has 0 aromatic carbocycles. The molecular weight excluding hydrogens is 544 g/mol. The van der Waals surface area contributed by atoms with E-state index in [1.165, 1.54) is 58.1 Å². The van der Waals surface area contributed by atoms with E-state index in [0.717, 1.165) is 46.5 Å². The molecule has 1 fully saturated rings. The van der Waals surface area contributed by atoms with Crippen molar-refractivity contribution in [1.29, 1.82) is 0 Å². The maximum absolute atomic E-state index is 10.8. The van der Waals surface area contributed by atoms with Crippen LogP contribution in [0.25, 0.3) is 0 Å². The van der Waals surface area contributed by atoms with E-state index < -0.39 is 23.9 Å². The molecule has 12 heteroatoms. The molecule has 42 heavy (non-hydrogen) atoms. The Bertz CT molecular complexity index is 486. The van der Waals surface area contributed by atoms with Gasteiger partial charge in [0.1, 0.15) is 0 Å². The van der Waals surface area contributed by atoms with Gasteiger partial charge in [0.15, 0.2) is 0 Å². The van der Waals surface area contributed by atoms with Crippen molar-refractivity contribution in [3.63, 3.8) is 0 Å². The third kappa shape index (κ3) is 235. The van der Waals surface area contributed by atoms with Crippen LogP contribution in [0.2, 0.25) is 0 Å². The second-order valence-electron chi connectivity index (χ2n) is 11.9. The van der Waals surface area contributed by atoms with Crippen LogP contribution in [0.15, 0.2) is 0 Å². The average Bonchev–Trinajstić information content (AvgIpc) is 2.76. The van der Waals surface area contributed by atoms with Crippen molar-refractivity contribution in [3.8, 4) is 0 Å². The molecule has 1 aliphatic carbocycles. The van der Waals surface area contributed by atoms with E-state index in [1.807, 2.05) is 0 Å². The van der Waals surface area contributed by atoms with Gasteiger partial charge in [-0.1, -0.05) is 51.4 Å². The van der Waals surface area contributed by atoms with Crippen molar-refractivity contribution in [1.82, 2.24) is 0 Å². The molecule has 258 valence electrons. The molecule has 0 aliphatic heterocycles. The van der Waals surface area contributed by atoms with Gasteiger partial charge in [-0.15, -0.1) is 0 Å². The van der Waals surface area contributed by atoms with Crippen molar-refractivity contribution in [2.24, 2.45) is 5.92 Å². The molecule has 4 N–H and O–H groups in total. The van der Waals surface area contributed by atoms with Gasteiger partial charge in [-0.3, -0.25) is 0 Å². The van der Waals surface area contributed by atoms with Crippen LogP contribution in [0.3, 0.4) is 0 Å². The molecule has 0 amide bonds. The Kier molecular flexibility index (Phi) is 60.5. The van der Waals surface area contributed by atoms with Crippen LogP contribution < -0.4 is 40.0 Å². The van der Waals surface area contributed by atoms with E-state index in [4.69, 9.17) is 29.7 Å². The molecule has 0 heterocycles. The van der Waals surface area contributed by atoms with Crippen LogP contribution in [0.1, 0.15) is 85.0 Å². The molecule has 0 radical (unpaired) electrons. The fraction of sp³-hybridized carbons (Fsp3) is 0.867. The zero-order chi connectivity index (χ0) is 35.3. The lowest BCUT2D eigenvalue weighted by Gasteiger charge is -2.17. The molecule has 0 aromatic rings. The molecule has 0 saturated heterocycles. The maximum atomic E-state index is 10.8. The van der Waals surface area contributed by atoms with Crippen molar-refractivity contribution in [3.05, 3.63) is 0 Å². The summed E-state index contributed by atoms with van der Waals surface area (Å²) in [5.74, 6) is -4.25. The van der Waals surface area contributed by atoms with Gasteiger partial charge in [0.05, 0.1) is 84.6 Å². The van der Waals surface area contributed by atoms with E-state index in [1.54, 1.807) is 0 Å². The van der Waals surface area contributed by atoms with E-state index in [2.05, 4.69) is 84.6 Å². The minimum Gasteiger partial charge on any atom is -0.550 e. The first-order valence-corrected chi connectivity index (χ1v) is 14.7. The smallest absolute Gasteiger partial charge is 0.0661 e. The summed E-state index contributed by atoms with van der Waals surface area (Å²) in [6.07, 6.45) is 11.4. The van der Waals surface area contributed by atoms with Crippen LogP contribution in [0.5, 0.6) is 0 Å². The van der Waals surface area contributed by atoms with Crippen LogP contribution >= 0.6 is 0 Å². The number of aliphatic carboxylic acids is 4. The number of hydrogen-bond acceptors (Lipinski definition) is 8. The number of hydrogen-bond donors (Lipinski definition) is 4. The van der Waals surface area contributed by atoms with E-state index in [9.17, 15) is 9.90 Å². The summed E-state index contributed by atoms with van der Waals surface area (Å²) in [5.41, 5.74) is 0. The summed E-state index contributed by atoms with van der Waals surface area (Å²) in [5, 5.41) is 37.5. The first kappa shape index (κ1) is 55.6. The molecule has 0 atom stereocenters. The highest BCUT2D eigenvalue weighted by molar-refractivity contribution is 5.67. The molecule has 0 unspecified atom stereocenters. The molecule has 0 aromatic heterocycles. The van der Waals surface area contributed by atoms with Gasteiger partial charge < -0.3 is 59.2 Å². The standard InChI is InChI=1S/C12H22O2.4C3H9N.3C2H4O2/c13-12(14)11-9-7-5-3-1-2-4-6-8-10-11;4*1-4(2)3;3*1-2(3)4/h11H,1-10H2,(H,13,14);4*1-3H3;3*1H3,(H,3,4). The Labute approximate surface area is 258 Å². The third-order valence-electron chi connectivity index (χ3n) is 3.19. The fourth-order valence-corrected chi connectivity index (χ4v) is 2.22. The Hall–Kier alpha value is -2.28. The summed E-state index contributed by atoms with van der Waals surface area (Å²) in [6.45, 7) is 2.92. The zero-order valence-corrected chi connectivity index (χ0v) is 29.9. The van der Waals surface area contributed by atoms with Crippen LogP contribution in [0.4, 0.5) is 0 Å². The molecule has 1 saturated carbocycles. The number of nitrogens with one attached hydrogen (secondary N) is 4. The summed E-state index contributed by atoms with van der Waals surface area (Å²) in [7, 11) is 25.0. The summed E-state index contributed by atoms with van der Waals surface area (Å²) < 4.78 is 0. The van der Waals surface area contributed by atoms with Crippen LogP contribution in [-0.2, 0) is 19.2 Å². The number of quaternary nitrogens is 4. The lowest BCUT2D eigenvalue weighted by molar-refractivity contribution is -0.836. The number of carboxylic acids is 4. The Morgan fingerprint density at radius 1 is 0.405 bits per heavy atom. The molecule has 1 rings (SSSR count). The highest BCUT2D eigenvalue weighted by Gasteiger charge is 2.10. The van der Waals surface area contributed by atoms with E-state index >= 15 is 0 Å². The minimum atomic E-state index is -1.08. The number of carbonyl (C=O) groups is 4. The molecule has 0 bridgehead atoms. The van der Waals surface area contributed by atoms with Gasteiger partial charge in [-0.05, 0) is 39.5 Å². The average molecular weight is 615 g/mol. The van der Waals surface area contributed by atoms with Crippen molar-refractivity contribution < 1.29 is 59.2 Å². The van der Waals surface area contributed by atoms with Gasteiger partial charge in [0, 0.05) is 23.9 Å². The summed E-state index contributed by atoms with van der Waals surface area (Å²) >= 11 is 0. The third-order valence-corrected chi connectivity index (χ3v) is 3.19. The molecule has 0 spiro atoms. The monoisotopic (exact) mass is 615 g/mol. The lowest BCUT2D eigenvalue weighted by atomic mass is 9.96. The zero-order valence-electron chi connectivity index (χ0n) is 29.9. The summed E-state index contributed by atoms with van der Waals surface area (Å²) in [6, 6.07) is 0. The predicted octanol–water partition coefficient (Wildman–Crippen LogP) is -6.42. The molecule has 12 nitrogen and oxygen atoms in total. The molecule has 1 aliphatic rings. The first-order valence-electron chi connectivity index (χ1n) is 14.7. The SMILES string of the molecule is CC(=O)[O-].CC(=O)[O-].CC(=O)[O-].C[NH+](C)C.C[NH+](C)C.C[NH+](C)C.C[NH+](C)C.O=C([O-])C1CCCCCCCCCC1.